The van der Waals surface area contributed by atoms with E-state index in [0.29, 0.717) is 0 Å². The van der Waals surface area contributed by atoms with Gasteiger partial charge in [0.25, 0.3) is 0 Å². The Labute approximate surface area is 304 Å². The molecule has 0 fully saturated rings. The second-order valence-corrected chi connectivity index (χ2v) is 15.6. The maximum atomic E-state index is 2.45. The van der Waals surface area contributed by atoms with Crippen molar-refractivity contribution >= 4 is 32.3 Å². The van der Waals surface area contributed by atoms with E-state index in [9.17, 15) is 0 Å². The summed E-state index contributed by atoms with van der Waals surface area (Å²) in [5, 5.41) is 7.94. The second-order valence-electron chi connectivity index (χ2n) is 15.6. The monoisotopic (exact) mass is 660 g/mol. The number of fused-ring (bicyclic) bond motifs is 7. The summed E-state index contributed by atoms with van der Waals surface area (Å²) in [4.78, 5) is 0. The van der Waals surface area contributed by atoms with E-state index in [0.717, 1.165) is 0 Å². The Kier molecular flexibility index (Phi) is 6.03. The van der Waals surface area contributed by atoms with Crippen LogP contribution in [0.1, 0.15) is 26.3 Å². The van der Waals surface area contributed by atoms with Crippen molar-refractivity contribution in [1.82, 2.24) is 0 Å². The van der Waals surface area contributed by atoms with Crippen molar-refractivity contribution in [1.29, 1.82) is 0 Å². The summed E-state index contributed by atoms with van der Waals surface area (Å²) < 4.78 is 0. The zero-order chi connectivity index (χ0) is 34.7. The lowest BCUT2D eigenvalue weighted by molar-refractivity contribution is 0.591. The molecule has 0 saturated heterocycles. The van der Waals surface area contributed by atoms with Gasteiger partial charge in [0, 0.05) is 0 Å². The summed E-state index contributed by atoms with van der Waals surface area (Å²) in [5.41, 5.74) is 19.8. The molecule has 0 aromatic heterocycles. The van der Waals surface area contributed by atoms with Gasteiger partial charge >= 0.3 is 0 Å². The zero-order valence-corrected chi connectivity index (χ0v) is 29.6. The molecule has 52 heavy (non-hydrogen) atoms. The number of rotatable bonds is 3. The van der Waals surface area contributed by atoms with E-state index in [-0.39, 0.29) is 5.41 Å². The Morgan fingerprint density at radius 2 is 0.865 bits per heavy atom. The lowest BCUT2D eigenvalue weighted by Crippen LogP contribution is -2.10. The van der Waals surface area contributed by atoms with Crippen LogP contribution in [0.4, 0.5) is 0 Å². The van der Waals surface area contributed by atoms with Crippen molar-refractivity contribution in [3.8, 4) is 77.9 Å². The van der Waals surface area contributed by atoms with Crippen LogP contribution in [-0.4, -0.2) is 0 Å². The van der Waals surface area contributed by atoms with Gasteiger partial charge in [-0.3, -0.25) is 0 Å². The predicted octanol–water partition coefficient (Wildman–Crippen LogP) is 14.7. The van der Waals surface area contributed by atoms with Crippen LogP contribution in [0.15, 0.2) is 164 Å². The summed E-state index contributed by atoms with van der Waals surface area (Å²) in [6, 6.07) is 61.5. The summed E-state index contributed by atoms with van der Waals surface area (Å²) in [5.74, 6) is 0. The first-order valence-electron chi connectivity index (χ1n) is 18.4. The molecule has 0 heterocycles. The Morgan fingerprint density at radius 3 is 1.54 bits per heavy atom. The molecular weight excluding hydrogens is 625 g/mol. The minimum Gasteiger partial charge on any atom is -0.0622 e. The first-order chi connectivity index (χ1) is 25.5. The highest BCUT2D eigenvalue weighted by Gasteiger charge is 2.32. The Balaban J connectivity index is 1.18. The topological polar surface area (TPSA) is 0 Å². The standard InChI is InChI=1S/C52H36/c1-52(2,3)35-28-34-18-12-21-41-44-29-33(24-25-37(44)45(30-35)46(34)41)36-26-27-43-49-38(36)22-13-23-42(49)50-47(31-14-6-4-7-15-31)39-19-10-11-20-40(39)48(51(43)50)32-16-8-5-9-17-32/h4-30H,1-3H3. The highest BCUT2D eigenvalue weighted by atomic mass is 14.3. The summed E-state index contributed by atoms with van der Waals surface area (Å²) >= 11 is 0. The maximum absolute atomic E-state index is 2.45. The molecule has 0 atom stereocenters. The first-order valence-corrected chi connectivity index (χ1v) is 18.4. The number of hydrogen-bond donors (Lipinski definition) is 0. The largest absolute Gasteiger partial charge is 0.0622 e. The van der Waals surface area contributed by atoms with Gasteiger partial charge in [0.2, 0.25) is 0 Å². The molecule has 9 aromatic rings. The van der Waals surface area contributed by atoms with Crippen LogP contribution in [0.5, 0.6) is 0 Å². The highest BCUT2D eigenvalue weighted by molar-refractivity contribution is 6.29. The Hall–Kier alpha value is -6.24. The van der Waals surface area contributed by atoms with E-state index in [2.05, 4.69) is 185 Å². The van der Waals surface area contributed by atoms with E-state index in [1.165, 1.54) is 116 Å². The van der Waals surface area contributed by atoms with Gasteiger partial charge in [0.05, 0.1) is 0 Å². The van der Waals surface area contributed by atoms with Crippen molar-refractivity contribution in [2.75, 3.05) is 0 Å². The number of benzene rings is 9. The average molecular weight is 661 g/mol. The molecule has 2 aliphatic rings. The molecule has 0 amide bonds. The maximum Gasteiger partial charge on any atom is -0.000741 e. The lowest BCUT2D eigenvalue weighted by Gasteiger charge is -2.20. The molecule has 0 heteroatoms. The minimum absolute atomic E-state index is 0.0816. The van der Waals surface area contributed by atoms with Crippen molar-refractivity contribution in [2.45, 2.75) is 26.2 Å². The van der Waals surface area contributed by atoms with Crippen molar-refractivity contribution in [3.63, 3.8) is 0 Å². The zero-order valence-electron chi connectivity index (χ0n) is 29.6. The molecule has 11 rings (SSSR count). The SMILES string of the molecule is CC(C)(C)c1cc2c3c(cccc3c1)-c1cc(-c3ccc4c5c(cccc35)-c3c-4c(-c4ccccc4)c4ccccc4c3-c3ccccc3)ccc1-2. The van der Waals surface area contributed by atoms with Crippen LogP contribution in [0, 0.1) is 0 Å². The van der Waals surface area contributed by atoms with Crippen LogP contribution in [0.2, 0.25) is 0 Å². The summed E-state index contributed by atoms with van der Waals surface area (Å²) in [6.45, 7) is 6.93. The molecule has 9 aromatic carbocycles. The fourth-order valence-electron chi connectivity index (χ4n) is 9.33. The molecule has 0 spiro atoms. The van der Waals surface area contributed by atoms with Gasteiger partial charge in [0.15, 0.2) is 0 Å². The average Bonchev–Trinajstić information content (AvgIpc) is 3.68. The van der Waals surface area contributed by atoms with E-state index in [1.54, 1.807) is 0 Å². The third kappa shape index (κ3) is 4.04. The summed E-state index contributed by atoms with van der Waals surface area (Å²) in [6.07, 6.45) is 0. The molecule has 0 radical (unpaired) electrons. The molecule has 0 nitrogen and oxygen atoms in total. The Morgan fingerprint density at radius 1 is 0.308 bits per heavy atom. The molecule has 0 bridgehead atoms. The van der Waals surface area contributed by atoms with E-state index in [4.69, 9.17) is 0 Å². The highest BCUT2D eigenvalue weighted by Crippen LogP contribution is 2.59. The van der Waals surface area contributed by atoms with E-state index < -0.39 is 0 Å². The minimum atomic E-state index is 0.0816. The van der Waals surface area contributed by atoms with Crippen LogP contribution >= 0.6 is 0 Å². The fraction of sp³-hybridized carbons (Fsp3) is 0.0769. The third-order valence-corrected chi connectivity index (χ3v) is 11.7. The van der Waals surface area contributed by atoms with Gasteiger partial charge in [-0.05, 0) is 133 Å². The van der Waals surface area contributed by atoms with Crippen LogP contribution in [-0.2, 0) is 5.41 Å². The van der Waals surface area contributed by atoms with Crippen LogP contribution in [0.3, 0.4) is 0 Å². The molecular formula is C52H36. The third-order valence-electron chi connectivity index (χ3n) is 11.7. The van der Waals surface area contributed by atoms with Gasteiger partial charge in [-0.15, -0.1) is 0 Å². The Bertz CT molecular complexity index is 2860. The molecule has 2 aliphatic carbocycles. The van der Waals surface area contributed by atoms with Crippen molar-refractivity contribution in [2.24, 2.45) is 0 Å². The predicted molar refractivity (Wildman–Crippen MR) is 223 cm³/mol. The first kappa shape index (κ1) is 29.5. The van der Waals surface area contributed by atoms with Crippen LogP contribution < -0.4 is 0 Å². The molecule has 0 saturated carbocycles. The second kappa shape index (κ2) is 10.6. The van der Waals surface area contributed by atoms with Gasteiger partial charge in [-0.1, -0.05) is 172 Å². The number of hydrogen-bond acceptors (Lipinski definition) is 0. The van der Waals surface area contributed by atoms with E-state index in [1.807, 2.05) is 0 Å². The lowest BCUT2D eigenvalue weighted by atomic mass is 9.82. The molecule has 244 valence electrons. The van der Waals surface area contributed by atoms with Crippen molar-refractivity contribution in [3.05, 3.63) is 169 Å². The van der Waals surface area contributed by atoms with E-state index >= 15 is 0 Å². The quantitative estimate of drug-likeness (QED) is 0.177. The normalized spacial score (nSPS) is 12.5. The molecule has 0 N–H and O–H groups in total. The van der Waals surface area contributed by atoms with Gasteiger partial charge in [-0.25, -0.2) is 0 Å². The molecule has 0 aliphatic heterocycles. The molecule has 0 unspecified atom stereocenters. The van der Waals surface area contributed by atoms with Gasteiger partial charge < -0.3 is 0 Å². The smallest absolute Gasteiger partial charge is 0.000741 e. The van der Waals surface area contributed by atoms with Gasteiger partial charge in [-0.2, -0.15) is 0 Å². The van der Waals surface area contributed by atoms with Crippen LogP contribution in [0.25, 0.3) is 110 Å². The summed E-state index contributed by atoms with van der Waals surface area (Å²) in [7, 11) is 0. The fourth-order valence-corrected chi connectivity index (χ4v) is 9.33. The van der Waals surface area contributed by atoms with Crippen molar-refractivity contribution < 1.29 is 0 Å². The van der Waals surface area contributed by atoms with Gasteiger partial charge in [0.1, 0.15) is 0 Å².